The van der Waals surface area contributed by atoms with Crippen molar-refractivity contribution in [1.82, 2.24) is 9.55 Å². The minimum Gasteiger partial charge on any atom is -0.369 e. The van der Waals surface area contributed by atoms with Crippen LogP contribution in [0.4, 0.5) is 0 Å². The van der Waals surface area contributed by atoms with E-state index in [2.05, 4.69) is 4.98 Å². The highest BCUT2D eigenvalue weighted by molar-refractivity contribution is 7.99. The summed E-state index contributed by atoms with van der Waals surface area (Å²) in [7, 11) is 0. The van der Waals surface area contributed by atoms with Crippen LogP contribution in [0.1, 0.15) is 10.4 Å². The fraction of sp³-hybridized carbons (Fsp3) is 0.188. The van der Waals surface area contributed by atoms with Gasteiger partial charge in [0.2, 0.25) is 5.91 Å². The van der Waals surface area contributed by atoms with E-state index in [-0.39, 0.29) is 11.3 Å². The van der Waals surface area contributed by atoms with E-state index in [1.165, 1.54) is 15.9 Å². The zero-order valence-corrected chi connectivity index (χ0v) is 15.4. The number of hydrogen-bond donors (Lipinski definition) is 1. The Kier molecular flexibility index (Phi) is 4.67. The van der Waals surface area contributed by atoms with Gasteiger partial charge in [0.1, 0.15) is 4.83 Å². The molecule has 0 unspecified atom stereocenters. The fourth-order valence-electron chi connectivity index (χ4n) is 2.35. The number of aryl methyl sites for hydroxylation is 2. The van der Waals surface area contributed by atoms with E-state index in [1.807, 2.05) is 13.8 Å². The highest BCUT2D eigenvalue weighted by Gasteiger charge is 2.18. The molecule has 5 nitrogen and oxygen atoms in total. The van der Waals surface area contributed by atoms with E-state index >= 15 is 0 Å². The molecule has 0 aliphatic rings. The minimum absolute atomic E-state index is 0.0435. The van der Waals surface area contributed by atoms with Gasteiger partial charge < -0.3 is 5.73 Å². The van der Waals surface area contributed by atoms with Crippen LogP contribution in [-0.2, 0) is 4.79 Å². The van der Waals surface area contributed by atoms with Crippen molar-refractivity contribution >= 4 is 50.8 Å². The monoisotopic (exact) mass is 379 g/mol. The molecule has 3 aromatic rings. The maximum Gasteiger partial charge on any atom is 0.267 e. The number of hydrogen-bond acceptors (Lipinski definition) is 5. The van der Waals surface area contributed by atoms with Gasteiger partial charge in [-0.05, 0) is 37.6 Å². The van der Waals surface area contributed by atoms with Gasteiger partial charge in [-0.15, -0.1) is 11.3 Å². The molecule has 124 valence electrons. The van der Waals surface area contributed by atoms with Crippen molar-refractivity contribution in [2.24, 2.45) is 5.73 Å². The van der Waals surface area contributed by atoms with Crippen molar-refractivity contribution in [3.8, 4) is 5.69 Å². The summed E-state index contributed by atoms with van der Waals surface area (Å²) >= 11 is 8.68. The molecule has 2 aromatic heterocycles. The van der Waals surface area contributed by atoms with Gasteiger partial charge in [0.05, 0.1) is 16.8 Å². The van der Waals surface area contributed by atoms with Crippen molar-refractivity contribution in [1.29, 1.82) is 0 Å². The maximum absolute atomic E-state index is 13.1. The lowest BCUT2D eigenvalue weighted by molar-refractivity contribution is -0.115. The van der Waals surface area contributed by atoms with Gasteiger partial charge in [-0.3, -0.25) is 14.2 Å². The number of amides is 1. The van der Waals surface area contributed by atoms with Crippen LogP contribution >= 0.6 is 34.7 Å². The summed E-state index contributed by atoms with van der Waals surface area (Å²) in [4.78, 5) is 30.5. The zero-order valence-electron chi connectivity index (χ0n) is 13.0. The second kappa shape index (κ2) is 6.58. The molecule has 0 saturated heterocycles. The Balaban J connectivity index is 2.32. The van der Waals surface area contributed by atoms with Crippen LogP contribution in [0.2, 0.25) is 5.02 Å². The molecule has 0 bridgehead atoms. The lowest BCUT2D eigenvalue weighted by Crippen LogP contribution is -2.22. The molecule has 0 radical (unpaired) electrons. The molecule has 0 fully saturated rings. The highest BCUT2D eigenvalue weighted by Crippen LogP contribution is 2.29. The van der Waals surface area contributed by atoms with E-state index in [1.54, 1.807) is 24.3 Å². The smallest absolute Gasteiger partial charge is 0.267 e. The molecule has 1 aromatic carbocycles. The number of benzene rings is 1. The number of thiophene rings is 1. The van der Waals surface area contributed by atoms with Gasteiger partial charge in [0.25, 0.3) is 5.56 Å². The van der Waals surface area contributed by atoms with Crippen LogP contribution in [0.15, 0.2) is 34.2 Å². The molecular weight excluding hydrogens is 366 g/mol. The molecule has 1 amide bonds. The topological polar surface area (TPSA) is 78.0 Å². The lowest BCUT2D eigenvalue weighted by Gasteiger charge is -2.12. The summed E-state index contributed by atoms with van der Waals surface area (Å²) in [5.41, 5.74) is 6.60. The Morgan fingerprint density at radius 3 is 2.83 bits per heavy atom. The largest absolute Gasteiger partial charge is 0.369 e. The quantitative estimate of drug-likeness (QED) is 0.557. The van der Waals surface area contributed by atoms with Crippen LogP contribution in [0.25, 0.3) is 15.9 Å². The van der Waals surface area contributed by atoms with Gasteiger partial charge in [0.15, 0.2) is 5.16 Å². The van der Waals surface area contributed by atoms with E-state index in [0.717, 1.165) is 22.2 Å². The van der Waals surface area contributed by atoms with E-state index < -0.39 is 5.91 Å². The summed E-state index contributed by atoms with van der Waals surface area (Å²) in [6.07, 6.45) is 0. The maximum atomic E-state index is 13.1. The number of nitrogens with two attached hydrogens (primary N) is 1. The van der Waals surface area contributed by atoms with Crippen LogP contribution < -0.4 is 11.3 Å². The number of carbonyl (C=O) groups excluding carboxylic acids is 1. The summed E-state index contributed by atoms with van der Waals surface area (Å²) < 4.78 is 1.49. The van der Waals surface area contributed by atoms with Gasteiger partial charge in [-0.1, -0.05) is 29.4 Å². The van der Waals surface area contributed by atoms with Gasteiger partial charge >= 0.3 is 0 Å². The first-order valence-electron chi connectivity index (χ1n) is 7.08. The first-order valence-corrected chi connectivity index (χ1v) is 9.26. The Morgan fingerprint density at radius 2 is 2.17 bits per heavy atom. The predicted octanol–water partition coefficient (Wildman–Crippen LogP) is 3.29. The van der Waals surface area contributed by atoms with E-state index in [4.69, 9.17) is 17.3 Å². The normalized spacial score (nSPS) is 11.1. The number of primary amides is 1. The third-order valence-electron chi connectivity index (χ3n) is 3.58. The number of thioether (sulfide) groups is 1. The summed E-state index contributed by atoms with van der Waals surface area (Å²) in [5.74, 6) is -0.424. The second-order valence-corrected chi connectivity index (χ2v) is 7.82. The molecule has 2 heterocycles. The number of carbonyl (C=O) groups is 1. The SMILES string of the molecule is Cc1sc2nc(SCC(N)=O)n(-c3cccc(Cl)c3)c(=O)c2c1C. The van der Waals surface area contributed by atoms with Crippen LogP contribution in [0.5, 0.6) is 0 Å². The Bertz CT molecular complexity index is 1010. The molecule has 3 rings (SSSR count). The van der Waals surface area contributed by atoms with Crippen molar-refractivity contribution in [3.05, 3.63) is 50.1 Å². The van der Waals surface area contributed by atoms with Crippen molar-refractivity contribution < 1.29 is 4.79 Å². The molecule has 0 saturated carbocycles. The Hall–Kier alpha value is -1.83. The second-order valence-electron chi connectivity index (χ2n) is 5.23. The average molecular weight is 380 g/mol. The number of halogens is 1. The summed E-state index contributed by atoms with van der Waals surface area (Å²) in [6, 6.07) is 6.98. The number of rotatable bonds is 4. The molecule has 0 aliphatic carbocycles. The lowest BCUT2D eigenvalue weighted by atomic mass is 10.2. The first-order chi connectivity index (χ1) is 11.4. The molecule has 2 N–H and O–H groups in total. The molecule has 0 spiro atoms. The number of nitrogens with zero attached hydrogens (tertiary/aromatic N) is 2. The molecule has 8 heteroatoms. The summed E-state index contributed by atoms with van der Waals surface area (Å²) in [6.45, 7) is 3.87. The van der Waals surface area contributed by atoms with Crippen molar-refractivity contribution in [3.63, 3.8) is 0 Å². The van der Waals surface area contributed by atoms with E-state index in [0.29, 0.717) is 26.1 Å². The van der Waals surface area contributed by atoms with Crippen LogP contribution in [0, 0.1) is 13.8 Å². The number of fused-ring (bicyclic) bond motifs is 1. The molecule has 24 heavy (non-hydrogen) atoms. The fourth-order valence-corrected chi connectivity index (χ4v) is 4.36. The van der Waals surface area contributed by atoms with Crippen molar-refractivity contribution in [2.75, 3.05) is 5.75 Å². The molecule has 0 atom stereocenters. The third-order valence-corrected chi connectivity index (χ3v) is 5.88. The van der Waals surface area contributed by atoms with Crippen molar-refractivity contribution in [2.45, 2.75) is 19.0 Å². The van der Waals surface area contributed by atoms with E-state index in [9.17, 15) is 9.59 Å². The number of aromatic nitrogens is 2. The van der Waals surface area contributed by atoms with Gasteiger partial charge in [0, 0.05) is 9.90 Å². The Labute approximate surface area is 151 Å². The highest BCUT2D eigenvalue weighted by atomic mass is 35.5. The zero-order chi connectivity index (χ0) is 17.4. The molecule has 0 aliphatic heterocycles. The standard InChI is InChI=1S/C16H14ClN3O2S2/c1-8-9(2)24-14-13(8)15(22)20(11-5-3-4-10(17)6-11)16(19-14)23-7-12(18)21/h3-6H,7H2,1-2H3,(H2,18,21). The average Bonchev–Trinajstić information content (AvgIpc) is 2.80. The summed E-state index contributed by atoms with van der Waals surface area (Å²) in [5, 5.41) is 1.54. The predicted molar refractivity (Wildman–Crippen MR) is 99.6 cm³/mol. The minimum atomic E-state index is -0.467. The first kappa shape index (κ1) is 17.0. The van der Waals surface area contributed by atoms with Crippen LogP contribution in [0.3, 0.4) is 0 Å². The molecular formula is C16H14ClN3O2S2. The van der Waals surface area contributed by atoms with Gasteiger partial charge in [-0.2, -0.15) is 0 Å². The Morgan fingerprint density at radius 1 is 1.42 bits per heavy atom. The van der Waals surface area contributed by atoms with Gasteiger partial charge in [-0.25, -0.2) is 4.98 Å². The van der Waals surface area contributed by atoms with Crippen LogP contribution in [-0.4, -0.2) is 21.2 Å². The third kappa shape index (κ3) is 3.07.